The summed E-state index contributed by atoms with van der Waals surface area (Å²) in [6, 6.07) is 3.22. The van der Waals surface area contributed by atoms with Gasteiger partial charge in [0.05, 0.1) is 16.3 Å². The van der Waals surface area contributed by atoms with E-state index in [2.05, 4.69) is 17.9 Å². The third kappa shape index (κ3) is 3.79. The van der Waals surface area contributed by atoms with Crippen LogP contribution in [0, 0.1) is 0 Å². The molecule has 0 aliphatic carbocycles. The van der Waals surface area contributed by atoms with Crippen LogP contribution in [0.15, 0.2) is 18.2 Å². The van der Waals surface area contributed by atoms with E-state index in [1.807, 2.05) is 0 Å². The highest BCUT2D eigenvalue weighted by atomic mass is 35.5. The molecular formula is C10H11ClF3NS. The van der Waals surface area contributed by atoms with Crippen molar-refractivity contribution in [1.82, 2.24) is 0 Å². The molecule has 0 aliphatic rings. The number of anilines is 1. The second-order valence-electron chi connectivity index (χ2n) is 3.20. The SMILES string of the molecule is FC(F)(F)c1ccc(Cl)c(NCCCS)c1. The molecule has 90 valence electrons. The second-order valence-corrected chi connectivity index (χ2v) is 4.05. The molecular weight excluding hydrogens is 259 g/mol. The van der Waals surface area contributed by atoms with Crippen molar-refractivity contribution in [2.45, 2.75) is 12.6 Å². The van der Waals surface area contributed by atoms with Gasteiger partial charge in [0.15, 0.2) is 0 Å². The fourth-order valence-corrected chi connectivity index (χ4v) is 1.48. The van der Waals surface area contributed by atoms with E-state index in [4.69, 9.17) is 11.6 Å². The van der Waals surface area contributed by atoms with Crippen LogP contribution in [-0.4, -0.2) is 12.3 Å². The van der Waals surface area contributed by atoms with E-state index in [1.165, 1.54) is 6.07 Å². The normalized spacial score (nSPS) is 11.6. The molecule has 0 amide bonds. The van der Waals surface area contributed by atoms with Gasteiger partial charge in [-0.25, -0.2) is 0 Å². The fraction of sp³-hybridized carbons (Fsp3) is 0.400. The van der Waals surface area contributed by atoms with Crippen molar-refractivity contribution in [2.75, 3.05) is 17.6 Å². The predicted molar refractivity (Wildman–Crippen MR) is 63.4 cm³/mol. The summed E-state index contributed by atoms with van der Waals surface area (Å²) < 4.78 is 37.2. The van der Waals surface area contributed by atoms with Gasteiger partial charge in [-0.2, -0.15) is 25.8 Å². The summed E-state index contributed by atoms with van der Waals surface area (Å²) in [7, 11) is 0. The van der Waals surface area contributed by atoms with Gasteiger partial charge in [-0.1, -0.05) is 11.6 Å². The van der Waals surface area contributed by atoms with Crippen LogP contribution in [0.4, 0.5) is 18.9 Å². The Morgan fingerprint density at radius 3 is 2.56 bits per heavy atom. The quantitative estimate of drug-likeness (QED) is 0.620. The lowest BCUT2D eigenvalue weighted by atomic mass is 10.2. The summed E-state index contributed by atoms with van der Waals surface area (Å²) in [5, 5.41) is 3.13. The van der Waals surface area contributed by atoms with Crippen molar-refractivity contribution in [2.24, 2.45) is 0 Å². The molecule has 0 radical (unpaired) electrons. The first-order valence-corrected chi connectivity index (χ1v) is 5.67. The van der Waals surface area contributed by atoms with Crippen LogP contribution in [0.25, 0.3) is 0 Å². The van der Waals surface area contributed by atoms with E-state index in [9.17, 15) is 13.2 Å². The van der Waals surface area contributed by atoms with Gasteiger partial charge in [0.1, 0.15) is 0 Å². The van der Waals surface area contributed by atoms with Crippen molar-refractivity contribution in [1.29, 1.82) is 0 Å². The number of nitrogens with one attached hydrogen (secondary N) is 1. The molecule has 1 N–H and O–H groups in total. The molecule has 1 aromatic rings. The third-order valence-electron chi connectivity index (χ3n) is 1.94. The summed E-state index contributed by atoms with van der Waals surface area (Å²) in [6.07, 6.45) is -3.58. The largest absolute Gasteiger partial charge is 0.416 e. The number of halogens is 4. The number of rotatable bonds is 4. The molecule has 16 heavy (non-hydrogen) atoms. The minimum absolute atomic E-state index is 0.284. The van der Waals surface area contributed by atoms with Gasteiger partial charge in [0.2, 0.25) is 0 Å². The van der Waals surface area contributed by atoms with Gasteiger partial charge in [-0.05, 0) is 30.4 Å². The van der Waals surface area contributed by atoms with Crippen LogP contribution < -0.4 is 5.32 Å². The Bertz CT molecular complexity index is 354. The van der Waals surface area contributed by atoms with Crippen LogP contribution in [0.5, 0.6) is 0 Å². The topological polar surface area (TPSA) is 12.0 Å². The molecule has 1 aromatic carbocycles. The van der Waals surface area contributed by atoms with Crippen LogP contribution >= 0.6 is 24.2 Å². The van der Waals surface area contributed by atoms with Gasteiger partial charge < -0.3 is 5.32 Å². The van der Waals surface area contributed by atoms with Gasteiger partial charge >= 0.3 is 6.18 Å². The minimum Gasteiger partial charge on any atom is -0.384 e. The highest BCUT2D eigenvalue weighted by Crippen LogP contribution is 2.33. The number of benzene rings is 1. The zero-order chi connectivity index (χ0) is 12.2. The molecule has 0 fully saturated rings. The first kappa shape index (κ1) is 13.5. The van der Waals surface area contributed by atoms with Crippen molar-refractivity contribution in [3.05, 3.63) is 28.8 Å². The Morgan fingerprint density at radius 2 is 2.00 bits per heavy atom. The minimum atomic E-state index is -4.34. The summed E-state index contributed by atoms with van der Waals surface area (Å²) in [5.41, 5.74) is -0.399. The van der Waals surface area contributed by atoms with Crippen molar-refractivity contribution in [3.8, 4) is 0 Å². The van der Waals surface area contributed by atoms with Crippen LogP contribution in [0.2, 0.25) is 5.02 Å². The molecule has 0 unspecified atom stereocenters. The molecule has 0 bridgehead atoms. The van der Waals surface area contributed by atoms with Crippen molar-refractivity contribution in [3.63, 3.8) is 0 Å². The Hall–Kier alpha value is -0.550. The van der Waals surface area contributed by atoms with Crippen molar-refractivity contribution >= 4 is 29.9 Å². The van der Waals surface area contributed by atoms with Gasteiger partial charge in [0, 0.05) is 6.54 Å². The van der Waals surface area contributed by atoms with E-state index in [-0.39, 0.29) is 5.02 Å². The van der Waals surface area contributed by atoms with Gasteiger partial charge in [0.25, 0.3) is 0 Å². The number of thiol groups is 1. The monoisotopic (exact) mass is 269 g/mol. The smallest absolute Gasteiger partial charge is 0.384 e. The number of hydrogen-bond donors (Lipinski definition) is 2. The van der Waals surface area contributed by atoms with E-state index in [0.717, 1.165) is 18.6 Å². The molecule has 6 heteroatoms. The van der Waals surface area contributed by atoms with Crippen LogP contribution in [0.3, 0.4) is 0 Å². The maximum absolute atomic E-state index is 12.4. The van der Waals surface area contributed by atoms with E-state index < -0.39 is 11.7 Å². The summed E-state index contributed by atoms with van der Waals surface area (Å²) in [5.74, 6) is 0.670. The Kier molecular flexibility index (Phi) is 4.80. The average molecular weight is 270 g/mol. The summed E-state index contributed by atoms with van der Waals surface area (Å²) in [6.45, 7) is 0.546. The molecule has 0 spiro atoms. The first-order valence-electron chi connectivity index (χ1n) is 4.66. The molecule has 1 rings (SSSR count). The number of alkyl halides is 3. The summed E-state index contributed by atoms with van der Waals surface area (Å²) >= 11 is 9.78. The standard InChI is InChI=1S/C10H11ClF3NS/c11-8-3-2-7(10(12,13)14)6-9(8)15-4-1-5-16/h2-3,6,15-16H,1,4-5H2. The van der Waals surface area contributed by atoms with Gasteiger partial charge in [-0.15, -0.1) is 0 Å². The lowest BCUT2D eigenvalue weighted by Crippen LogP contribution is -2.07. The van der Waals surface area contributed by atoms with E-state index in [1.54, 1.807) is 0 Å². The molecule has 0 saturated heterocycles. The molecule has 0 heterocycles. The Balaban J connectivity index is 2.83. The zero-order valence-corrected chi connectivity index (χ0v) is 9.96. The fourth-order valence-electron chi connectivity index (χ4n) is 1.14. The van der Waals surface area contributed by atoms with Gasteiger partial charge in [-0.3, -0.25) is 0 Å². The maximum atomic E-state index is 12.4. The van der Waals surface area contributed by atoms with Crippen molar-refractivity contribution < 1.29 is 13.2 Å². The first-order chi connectivity index (χ1) is 7.45. The lowest BCUT2D eigenvalue weighted by molar-refractivity contribution is -0.137. The molecule has 0 aromatic heterocycles. The summed E-state index contributed by atoms with van der Waals surface area (Å²) in [4.78, 5) is 0. The molecule has 0 atom stereocenters. The second kappa shape index (κ2) is 5.68. The van der Waals surface area contributed by atoms with Crippen LogP contribution in [0.1, 0.15) is 12.0 Å². The number of hydrogen-bond acceptors (Lipinski definition) is 2. The highest BCUT2D eigenvalue weighted by molar-refractivity contribution is 7.80. The van der Waals surface area contributed by atoms with E-state index in [0.29, 0.717) is 18.0 Å². The Labute approximate surface area is 102 Å². The molecule has 0 saturated carbocycles. The predicted octanol–water partition coefficient (Wildman–Crippen LogP) is 4.09. The molecule has 1 nitrogen and oxygen atoms in total. The average Bonchev–Trinajstić information content (AvgIpc) is 2.19. The lowest BCUT2D eigenvalue weighted by Gasteiger charge is -2.11. The highest BCUT2D eigenvalue weighted by Gasteiger charge is 2.30. The molecule has 0 aliphatic heterocycles. The maximum Gasteiger partial charge on any atom is 0.416 e. The zero-order valence-electron chi connectivity index (χ0n) is 8.31. The van der Waals surface area contributed by atoms with Crippen LogP contribution in [-0.2, 0) is 6.18 Å². The Morgan fingerprint density at radius 1 is 1.31 bits per heavy atom. The van der Waals surface area contributed by atoms with E-state index >= 15 is 0 Å². The third-order valence-corrected chi connectivity index (χ3v) is 2.59.